The fourth-order valence-electron chi connectivity index (χ4n) is 3.01. The van der Waals surface area contributed by atoms with Gasteiger partial charge in [0.2, 0.25) is 0 Å². The molecule has 0 unspecified atom stereocenters. The second kappa shape index (κ2) is 5.08. The zero-order valence-electron chi connectivity index (χ0n) is 11.3. The number of nitrogens with zero attached hydrogens (tertiary/aromatic N) is 1. The molecule has 0 saturated heterocycles. The molecular formula is C16H19NO2. The Morgan fingerprint density at radius 1 is 1.32 bits per heavy atom. The summed E-state index contributed by atoms with van der Waals surface area (Å²) in [6.45, 7) is 2.79. The monoisotopic (exact) mass is 257 g/mol. The van der Waals surface area contributed by atoms with E-state index in [1.807, 2.05) is 42.2 Å². The van der Waals surface area contributed by atoms with Crippen LogP contribution < -0.4 is 0 Å². The SMILES string of the molecule is CCN(C(=O)c1cc2ccccc2o1)C1CCCC1. The summed E-state index contributed by atoms with van der Waals surface area (Å²) in [6.07, 6.45) is 4.71. The van der Waals surface area contributed by atoms with Crippen molar-refractivity contribution < 1.29 is 9.21 Å². The molecule has 1 amide bonds. The van der Waals surface area contributed by atoms with E-state index in [0.29, 0.717) is 11.8 Å². The van der Waals surface area contributed by atoms with E-state index < -0.39 is 0 Å². The fraction of sp³-hybridized carbons (Fsp3) is 0.438. The molecule has 1 heterocycles. The summed E-state index contributed by atoms with van der Waals surface area (Å²) in [5.41, 5.74) is 0.785. The van der Waals surface area contributed by atoms with Crippen LogP contribution in [-0.2, 0) is 0 Å². The highest BCUT2D eigenvalue weighted by atomic mass is 16.3. The molecule has 0 atom stereocenters. The van der Waals surface area contributed by atoms with Gasteiger partial charge in [0.15, 0.2) is 5.76 Å². The van der Waals surface area contributed by atoms with Gasteiger partial charge < -0.3 is 9.32 Å². The van der Waals surface area contributed by atoms with E-state index in [4.69, 9.17) is 4.42 Å². The molecule has 3 nitrogen and oxygen atoms in total. The lowest BCUT2D eigenvalue weighted by Gasteiger charge is -2.26. The average molecular weight is 257 g/mol. The molecule has 0 spiro atoms. The number of hydrogen-bond donors (Lipinski definition) is 0. The summed E-state index contributed by atoms with van der Waals surface area (Å²) in [7, 11) is 0. The van der Waals surface area contributed by atoms with Crippen LogP contribution in [0.3, 0.4) is 0 Å². The molecule has 3 rings (SSSR count). The molecule has 2 aromatic rings. The third kappa shape index (κ3) is 2.25. The first kappa shape index (κ1) is 12.3. The highest BCUT2D eigenvalue weighted by Crippen LogP contribution is 2.26. The first-order valence-electron chi connectivity index (χ1n) is 7.09. The molecule has 1 aromatic carbocycles. The maximum absolute atomic E-state index is 12.6. The number of carbonyl (C=O) groups is 1. The van der Waals surface area contributed by atoms with E-state index in [2.05, 4.69) is 0 Å². The summed E-state index contributed by atoms with van der Waals surface area (Å²) in [5.74, 6) is 0.501. The van der Waals surface area contributed by atoms with Gasteiger partial charge in [-0.25, -0.2) is 0 Å². The van der Waals surface area contributed by atoms with Crippen molar-refractivity contribution in [3.63, 3.8) is 0 Å². The van der Waals surface area contributed by atoms with Crippen LogP contribution >= 0.6 is 0 Å². The van der Waals surface area contributed by atoms with Gasteiger partial charge in [0.25, 0.3) is 5.91 Å². The van der Waals surface area contributed by atoms with Crippen LogP contribution in [0.25, 0.3) is 11.0 Å². The van der Waals surface area contributed by atoms with Crippen LogP contribution in [0.4, 0.5) is 0 Å². The van der Waals surface area contributed by atoms with Crippen LogP contribution in [0.2, 0.25) is 0 Å². The van der Waals surface area contributed by atoms with Gasteiger partial charge in [0.05, 0.1) is 0 Å². The Morgan fingerprint density at radius 2 is 2.05 bits per heavy atom. The van der Waals surface area contributed by atoms with E-state index in [0.717, 1.165) is 30.4 Å². The Balaban J connectivity index is 1.88. The molecule has 1 saturated carbocycles. The number of hydrogen-bond acceptors (Lipinski definition) is 2. The zero-order valence-corrected chi connectivity index (χ0v) is 11.3. The van der Waals surface area contributed by atoms with Crippen LogP contribution in [0.15, 0.2) is 34.7 Å². The average Bonchev–Trinajstić information content (AvgIpc) is 3.08. The molecule has 0 N–H and O–H groups in total. The summed E-state index contributed by atoms with van der Waals surface area (Å²) in [5, 5.41) is 0.994. The minimum Gasteiger partial charge on any atom is -0.451 e. The van der Waals surface area contributed by atoms with Crippen molar-refractivity contribution in [1.29, 1.82) is 0 Å². The maximum atomic E-state index is 12.6. The molecule has 3 heteroatoms. The Hall–Kier alpha value is -1.77. The van der Waals surface area contributed by atoms with E-state index in [9.17, 15) is 4.79 Å². The maximum Gasteiger partial charge on any atom is 0.289 e. The van der Waals surface area contributed by atoms with Crippen molar-refractivity contribution >= 4 is 16.9 Å². The number of carbonyl (C=O) groups excluding carboxylic acids is 1. The Labute approximate surface area is 113 Å². The van der Waals surface area contributed by atoms with Gasteiger partial charge in [-0.05, 0) is 31.9 Å². The second-order valence-corrected chi connectivity index (χ2v) is 5.18. The van der Waals surface area contributed by atoms with Crippen LogP contribution in [0, 0.1) is 0 Å². The molecule has 1 aliphatic carbocycles. The molecule has 0 aliphatic heterocycles. The third-order valence-electron chi connectivity index (χ3n) is 4.00. The number of fused-ring (bicyclic) bond motifs is 1. The molecule has 1 fully saturated rings. The van der Waals surface area contributed by atoms with Gasteiger partial charge in [0.1, 0.15) is 5.58 Å². The largest absolute Gasteiger partial charge is 0.451 e. The molecule has 0 bridgehead atoms. The minimum absolute atomic E-state index is 0.0330. The van der Waals surface area contributed by atoms with Gasteiger partial charge in [-0.1, -0.05) is 31.0 Å². The zero-order chi connectivity index (χ0) is 13.2. The molecular weight excluding hydrogens is 238 g/mol. The fourth-order valence-corrected chi connectivity index (χ4v) is 3.01. The smallest absolute Gasteiger partial charge is 0.289 e. The van der Waals surface area contributed by atoms with E-state index in [-0.39, 0.29) is 5.91 Å². The lowest BCUT2D eigenvalue weighted by atomic mass is 10.2. The van der Waals surface area contributed by atoms with Gasteiger partial charge in [-0.3, -0.25) is 4.79 Å². The molecule has 19 heavy (non-hydrogen) atoms. The lowest BCUT2D eigenvalue weighted by molar-refractivity contribution is 0.0663. The molecule has 1 aliphatic rings. The second-order valence-electron chi connectivity index (χ2n) is 5.18. The van der Waals surface area contributed by atoms with Crippen molar-refractivity contribution in [2.45, 2.75) is 38.6 Å². The van der Waals surface area contributed by atoms with Crippen LogP contribution in [-0.4, -0.2) is 23.4 Å². The Morgan fingerprint density at radius 3 is 2.74 bits per heavy atom. The van der Waals surface area contributed by atoms with Gasteiger partial charge in [0, 0.05) is 18.0 Å². The third-order valence-corrected chi connectivity index (χ3v) is 4.00. The molecule has 100 valence electrons. The number of amides is 1. The van der Waals surface area contributed by atoms with Crippen molar-refractivity contribution in [3.8, 4) is 0 Å². The van der Waals surface area contributed by atoms with Crippen molar-refractivity contribution in [2.75, 3.05) is 6.54 Å². The first-order valence-corrected chi connectivity index (χ1v) is 7.09. The highest BCUT2D eigenvalue weighted by molar-refractivity contribution is 5.96. The summed E-state index contributed by atoms with van der Waals surface area (Å²) in [6, 6.07) is 10.0. The van der Waals surface area contributed by atoms with E-state index in [1.165, 1.54) is 12.8 Å². The lowest BCUT2D eigenvalue weighted by Crippen LogP contribution is -2.38. The van der Waals surface area contributed by atoms with Crippen LogP contribution in [0.5, 0.6) is 0 Å². The predicted octanol–water partition coefficient (Wildman–Crippen LogP) is 3.84. The topological polar surface area (TPSA) is 33.5 Å². The normalized spacial score (nSPS) is 16.1. The van der Waals surface area contributed by atoms with Gasteiger partial charge in [-0.15, -0.1) is 0 Å². The number of furan rings is 1. The number of para-hydroxylation sites is 1. The van der Waals surface area contributed by atoms with E-state index >= 15 is 0 Å². The van der Waals surface area contributed by atoms with Gasteiger partial charge in [-0.2, -0.15) is 0 Å². The Bertz CT molecular complexity index is 548. The summed E-state index contributed by atoms with van der Waals surface area (Å²) < 4.78 is 5.68. The summed E-state index contributed by atoms with van der Waals surface area (Å²) in [4.78, 5) is 14.5. The number of benzene rings is 1. The predicted molar refractivity (Wildman–Crippen MR) is 75.2 cm³/mol. The standard InChI is InChI=1S/C16H19NO2/c1-2-17(13-8-4-5-9-13)16(18)15-11-12-7-3-6-10-14(12)19-15/h3,6-7,10-11,13H,2,4-5,8-9H2,1H3. The van der Waals surface area contributed by atoms with Crippen molar-refractivity contribution in [1.82, 2.24) is 4.90 Å². The van der Waals surface area contributed by atoms with Crippen molar-refractivity contribution in [3.05, 3.63) is 36.1 Å². The highest BCUT2D eigenvalue weighted by Gasteiger charge is 2.27. The first-order chi connectivity index (χ1) is 9.29. The molecule has 1 aromatic heterocycles. The van der Waals surface area contributed by atoms with Crippen LogP contribution in [0.1, 0.15) is 43.2 Å². The summed E-state index contributed by atoms with van der Waals surface area (Å²) >= 11 is 0. The van der Waals surface area contributed by atoms with Crippen molar-refractivity contribution in [2.24, 2.45) is 0 Å². The molecule has 0 radical (unpaired) electrons. The number of rotatable bonds is 3. The van der Waals surface area contributed by atoms with E-state index in [1.54, 1.807) is 0 Å². The van der Waals surface area contributed by atoms with Gasteiger partial charge >= 0.3 is 0 Å². The Kier molecular flexibility index (Phi) is 3.28. The quantitative estimate of drug-likeness (QED) is 0.837. The minimum atomic E-state index is 0.0330.